The lowest BCUT2D eigenvalue weighted by Gasteiger charge is -2.35. The van der Waals surface area contributed by atoms with Gasteiger partial charge in [-0.3, -0.25) is 47.9 Å². The Morgan fingerprint density at radius 2 is 1.01 bits per heavy atom. The van der Waals surface area contributed by atoms with Crippen LogP contribution < -0.4 is 42.5 Å². The zero-order chi connectivity index (χ0) is 59.1. The Balaban J connectivity index is 1.75. The van der Waals surface area contributed by atoms with Crippen molar-refractivity contribution in [3.63, 3.8) is 0 Å². The maximum Gasteiger partial charge on any atom is 0.246 e. The summed E-state index contributed by atoms with van der Waals surface area (Å²) >= 11 is 0. The monoisotopic (exact) mass is 1110 g/mol. The average Bonchev–Trinajstić information content (AvgIpc) is 4.11. The van der Waals surface area contributed by atoms with Crippen LogP contribution in [-0.4, -0.2) is 124 Å². The number of ketones is 1. The van der Waals surface area contributed by atoms with Crippen LogP contribution >= 0.6 is 0 Å². The SMILES string of the molecule is CCCCCCCC[C@H](NC(=O)C(C)(C)NC(=O)C(C)(C)NC(=O)C(CC1CCCCC1)NC(=O)[C@@H]1CCCN1C(=O)CCC)C(=O)N[C@@H](CC(C)C)C(=O)NC(C)(C)C(=O)N[C@@H](CC(C)C)C(=O)NCCC(=O)C1CCCC1. The molecule has 19 heteroatoms. The van der Waals surface area contributed by atoms with E-state index in [2.05, 4.69) is 49.5 Å². The Kier molecular flexibility index (Phi) is 28.5. The number of likely N-dealkylation sites (tertiary alicyclic amines) is 1. The second-order valence-electron chi connectivity index (χ2n) is 25.5. The number of hydrogen-bond donors (Lipinski definition) is 8. The summed E-state index contributed by atoms with van der Waals surface area (Å²) in [5, 5.41) is 22.7. The first-order chi connectivity index (χ1) is 37.1. The zero-order valence-corrected chi connectivity index (χ0v) is 50.6. The van der Waals surface area contributed by atoms with E-state index in [4.69, 9.17) is 0 Å². The van der Waals surface area contributed by atoms with Gasteiger partial charge in [0.2, 0.25) is 53.2 Å². The lowest BCUT2D eigenvalue weighted by molar-refractivity contribution is -0.141. The molecule has 19 nitrogen and oxygen atoms in total. The number of amides is 9. The normalized spacial score (nSPS) is 18.0. The number of nitrogens with zero attached hydrogens (tertiary/aromatic N) is 1. The molecule has 1 saturated heterocycles. The molecule has 2 aliphatic carbocycles. The van der Waals surface area contributed by atoms with Gasteiger partial charge in [0.1, 0.15) is 52.6 Å². The van der Waals surface area contributed by atoms with E-state index in [9.17, 15) is 47.9 Å². The van der Waals surface area contributed by atoms with E-state index >= 15 is 0 Å². The summed E-state index contributed by atoms with van der Waals surface area (Å²) in [7, 11) is 0. The smallest absolute Gasteiger partial charge is 0.246 e. The third-order valence-electron chi connectivity index (χ3n) is 15.9. The van der Waals surface area contributed by atoms with Crippen LogP contribution in [0.4, 0.5) is 0 Å². The van der Waals surface area contributed by atoms with Crippen LogP contribution in [0.25, 0.3) is 0 Å². The summed E-state index contributed by atoms with van der Waals surface area (Å²) in [6, 6.07) is -4.83. The molecule has 450 valence electrons. The molecule has 0 aromatic heterocycles. The topological polar surface area (TPSA) is 270 Å². The van der Waals surface area contributed by atoms with Gasteiger partial charge in [-0.1, -0.05) is 125 Å². The first-order valence-electron chi connectivity index (χ1n) is 30.4. The molecule has 9 amide bonds. The number of carbonyl (C=O) groups is 10. The van der Waals surface area contributed by atoms with Gasteiger partial charge in [0.25, 0.3) is 0 Å². The first kappa shape index (κ1) is 68.2. The fourth-order valence-corrected chi connectivity index (χ4v) is 11.0. The van der Waals surface area contributed by atoms with E-state index in [0.717, 1.165) is 89.9 Å². The number of carbonyl (C=O) groups excluding carboxylic acids is 10. The summed E-state index contributed by atoms with van der Waals surface area (Å²) < 4.78 is 0. The van der Waals surface area contributed by atoms with E-state index in [1.807, 2.05) is 34.6 Å². The summed E-state index contributed by atoms with van der Waals surface area (Å²) in [4.78, 5) is 140. The van der Waals surface area contributed by atoms with Crippen molar-refractivity contribution in [2.75, 3.05) is 13.1 Å². The molecule has 0 aromatic carbocycles. The third kappa shape index (κ3) is 23.1. The van der Waals surface area contributed by atoms with Crippen molar-refractivity contribution in [3.8, 4) is 0 Å². The third-order valence-corrected chi connectivity index (χ3v) is 15.9. The Morgan fingerprint density at radius 1 is 0.494 bits per heavy atom. The molecule has 8 N–H and O–H groups in total. The molecule has 3 rings (SSSR count). The predicted molar refractivity (Wildman–Crippen MR) is 307 cm³/mol. The highest BCUT2D eigenvalue weighted by Gasteiger charge is 2.42. The van der Waals surface area contributed by atoms with E-state index in [1.165, 1.54) is 41.5 Å². The molecule has 2 saturated carbocycles. The fourth-order valence-electron chi connectivity index (χ4n) is 11.0. The number of nitrogens with one attached hydrogen (secondary N) is 8. The molecule has 3 aliphatic rings. The first-order valence-corrected chi connectivity index (χ1v) is 30.4. The van der Waals surface area contributed by atoms with Gasteiger partial charge in [-0.05, 0) is 117 Å². The van der Waals surface area contributed by atoms with Crippen LogP contribution in [0, 0.1) is 23.7 Å². The van der Waals surface area contributed by atoms with E-state index in [0.29, 0.717) is 51.5 Å². The lowest BCUT2D eigenvalue weighted by atomic mass is 9.84. The molecule has 1 aliphatic heterocycles. The molecule has 0 radical (unpaired) electrons. The number of Topliss-reactive ketones (excluding diaryl/α,β-unsaturated/α-hetero) is 1. The maximum absolute atomic E-state index is 14.4. The molecule has 1 heterocycles. The van der Waals surface area contributed by atoms with E-state index < -0.39 is 94.1 Å². The van der Waals surface area contributed by atoms with Crippen LogP contribution in [0.2, 0.25) is 0 Å². The molecule has 1 unspecified atom stereocenters. The molecular weight excluding hydrogens is 1010 g/mol. The Hall–Kier alpha value is -5.10. The summed E-state index contributed by atoms with van der Waals surface area (Å²) in [5.41, 5.74) is -4.73. The number of unbranched alkanes of at least 4 members (excludes halogenated alkanes) is 5. The molecular formula is C60H105N9O10. The maximum atomic E-state index is 14.4. The van der Waals surface area contributed by atoms with Crippen LogP contribution in [0.3, 0.4) is 0 Å². The Bertz CT molecular complexity index is 2040. The van der Waals surface area contributed by atoms with Crippen molar-refractivity contribution in [1.82, 2.24) is 47.4 Å². The fraction of sp³-hybridized carbons (Fsp3) is 0.833. The van der Waals surface area contributed by atoms with Gasteiger partial charge in [-0.2, -0.15) is 0 Å². The minimum absolute atomic E-state index is 0.0281. The lowest BCUT2D eigenvalue weighted by Crippen LogP contribution is -2.66. The minimum atomic E-state index is -1.62. The highest BCUT2D eigenvalue weighted by molar-refractivity contribution is 6.00. The van der Waals surface area contributed by atoms with Crippen LogP contribution in [0.1, 0.15) is 237 Å². The molecule has 0 aromatic rings. The van der Waals surface area contributed by atoms with Crippen LogP contribution in [0.15, 0.2) is 0 Å². The van der Waals surface area contributed by atoms with Gasteiger partial charge in [0.05, 0.1) is 0 Å². The van der Waals surface area contributed by atoms with Gasteiger partial charge in [-0.15, -0.1) is 0 Å². The van der Waals surface area contributed by atoms with Crippen molar-refractivity contribution in [1.29, 1.82) is 0 Å². The Morgan fingerprint density at radius 3 is 1.59 bits per heavy atom. The predicted octanol–water partition coefficient (Wildman–Crippen LogP) is 6.48. The van der Waals surface area contributed by atoms with Crippen molar-refractivity contribution in [2.45, 2.75) is 284 Å². The second kappa shape index (κ2) is 33.0. The number of hydrogen-bond acceptors (Lipinski definition) is 10. The quantitative estimate of drug-likeness (QED) is 0.0325. The van der Waals surface area contributed by atoms with Gasteiger partial charge in [0, 0.05) is 31.8 Å². The molecule has 0 spiro atoms. The average molecular weight is 1110 g/mol. The van der Waals surface area contributed by atoms with E-state index in [1.54, 1.807) is 4.90 Å². The molecule has 3 fully saturated rings. The van der Waals surface area contributed by atoms with Gasteiger partial charge in [-0.25, -0.2) is 0 Å². The highest BCUT2D eigenvalue weighted by atomic mass is 16.2. The molecule has 79 heavy (non-hydrogen) atoms. The summed E-state index contributed by atoms with van der Waals surface area (Å²) in [5.74, 6) is -4.41. The van der Waals surface area contributed by atoms with Crippen LogP contribution in [0.5, 0.6) is 0 Å². The van der Waals surface area contributed by atoms with Gasteiger partial charge >= 0.3 is 0 Å². The van der Waals surface area contributed by atoms with Crippen LogP contribution in [-0.2, 0) is 47.9 Å². The zero-order valence-electron chi connectivity index (χ0n) is 50.6. The Labute approximate surface area is 473 Å². The van der Waals surface area contributed by atoms with Crippen molar-refractivity contribution in [2.24, 2.45) is 23.7 Å². The summed E-state index contributed by atoms with van der Waals surface area (Å²) in [6.45, 7) is 21.3. The highest BCUT2D eigenvalue weighted by Crippen LogP contribution is 2.29. The second-order valence-corrected chi connectivity index (χ2v) is 25.5. The molecule has 5 atom stereocenters. The standard InChI is InChI=1S/C60H105N9O10/c1-13-15-16-17-18-22-31-43(51(73)62-45(37-40(5)6)52(74)66-58(7,8)55(77)65-44(36-39(3)4)50(72)61-34-33-48(70)42-29-23-24-30-42)64-56(78)59(9,10)68-57(79)60(11,12)67-53(75)46(38-41-27-20-19-21-28-41)63-54(76)47-32-25-35-69(47)49(71)26-14-2/h39-47H,13-38H2,1-12H3,(H,61,72)(H,62,73)(H,63,76)(H,64,78)(H,65,77)(H,66,74)(H,67,75)(H,68,79)/t43-,44-,45-,46?,47-/m0/s1. The van der Waals surface area contributed by atoms with Crippen molar-refractivity contribution in [3.05, 3.63) is 0 Å². The van der Waals surface area contributed by atoms with Gasteiger partial charge in [0.15, 0.2) is 0 Å². The minimum Gasteiger partial charge on any atom is -0.354 e. The van der Waals surface area contributed by atoms with Crippen molar-refractivity contribution >= 4 is 58.9 Å². The van der Waals surface area contributed by atoms with Gasteiger partial charge < -0.3 is 47.4 Å². The molecule has 0 bridgehead atoms. The van der Waals surface area contributed by atoms with E-state index in [-0.39, 0.29) is 61.2 Å². The summed E-state index contributed by atoms with van der Waals surface area (Å²) in [6.07, 6.45) is 17.7. The van der Waals surface area contributed by atoms with Crippen molar-refractivity contribution < 1.29 is 47.9 Å². The largest absolute Gasteiger partial charge is 0.354 e. The number of rotatable bonds is 34.